The fourth-order valence-corrected chi connectivity index (χ4v) is 3.72. The summed E-state index contributed by atoms with van der Waals surface area (Å²) in [6.07, 6.45) is 1.57. The van der Waals surface area contributed by atoms with Gasteiger partial charge in [0.15, 0.2) is 23.3 Å². The van der Waals surface area contributed by atoms with Crippen molar-refractivity contribution in [2.75, 3.05) is 12.4 Å². The average molecular weight is 413 g/mol. The van der Waals surface area contributed by atoms with E-state index in [2.05, 4.69) is 10.2 Å². The summed E-state index contributed by atoms with van der Waals surface area (Å²) in [4.78, 5) is 24.5. The molecular formula is C21H23N3O4S. The molecule has 7 nitrogen and oxygen atoms in total. The number of carbonyl (C=O) groups excluding carboxylic acids is 2. The Bertz CT molecular complexity index is 1020. The summed E-state index contributed by atoms with van der Waals surface area (Å²) < 4.78 is 12.4. The van der Waals surface area contributed by atoms with Crippen LogP contribution in [0.5, 0.6) is 0 Å². The summed E-state index contributed by atoms with van der Waals surface area (Å²) in [5.74, 6) is 0.572. The number of rotatable bonds is 8. The molecule has 0 unspecified atom stereocenters. The first-order valence-corrected chi connectivity index (χ1v) is 10.3. The van der Waals surface area contributed by atoms with Gasteiger partial charge in [-0.3, -0.25) is 14.2 Å². The van der Waals surface area contributed by atoms with Gasteiger partial charge in [-0.05, 0) is 62.6 Å². The Morgan fingerprint density at radius 2 is 1.90 bits per heavy atom. The molecule has 8 heteroatoms. The van der Waals surface area contributed by atoms with Crippen molar-refractivity contribution in [1.82, 2.24) is 14.8 Å². The molecule has 1 aromatic carbocycles. The number of thioether (sulfide) groups is 1. The molecular weight excluding hydrogens is 390 g/mol. The molecule has 0 saturated carbocycles. The zero-order chi connectivity index (χ0) is 21.0. The number of hydrogen-bond acceptors (Lipinski definition) is 7. The highest BCUT2D eigenvalue weighted by Gasteiger charge is 2.18. The van der Waals surface area contributed by atoms with Crippen LogP contribution in [0.2, 0.25) is 0 Å². The van der Waals surface area contributed by atoms with Crippen molar-refractivity contribution in [2.24, 2.45) is 0 Å². The Balaban J connectivity index is 1.57. The van der Waals surface area contributed by atoms with Crippen LogP contribution < -0.4 is 0 Å². The number of carbonyl (C=O) groups is 2. The minimum Gasteiger partial charge on any atom is -0.461 e. The topological polar surface area (TPSA) is 87.2 Å². The number of benzene rings is 1. The number of ketones is 1. The molecule has 3 aromatic rings. The highest BCUT2D eigenvalue weighted by Crippen LogP contribution is 2.24. The second-order valence-corrected chi connectivity index (χ2v) is 7.59. The highest BCUT2D eigenvalue weighted by molar-refractivity contribution is 7.99. The van der Waals surface area contributed by atoms with E-state index in [4.69, 9.17) is 9.15 Å². The third-order valence-corrected chi connectivity index (χ3v) is 5.54. The van der Waals surface area contributed by atoms with Crippen molar-refractivity contribution in [3.8, 4) is 11.6 Å². The Morgan fingerprint density at radius 1 is 1.14 bits per heavy atom. The molecule has 0 aliphatic heterocycles. The van der Waals surface area contributed by atoms with E-state index in [9.17, 15) is 9.59 Å². The summed E-state index contributed by atoms with van der Waals surface area (Å²) in [5.41, 5.74) is 3.63. The van der Waals surface area contributed by atoms with Crippen LogP contribution in [0.15, 0.2) is 40.1 Å². The van der Waals surface area contributed by atoms with Crippen molar-refractivity contribution in [3.63, 3.8) is 0 Å². The summed E-state index contributed by atoms with van der Waals surface area (Å²) in [5, 5.41) is 8.86. The van der Waals surface area contributed by atoms with E-state index in [1.807, 2.05) is 44.4 Å². The van der Waals surface area contributed by atoms with Crippen molar-refractivity contribution in [2.45, 2.75) is 39.4 Å². The standard InChI is InChI=1S/C21H23N3O4S/c1-5-24-20(18-7-6-8-27-18)22-23-21(24)29-12-19(26)28-11-17(25)16-10-14(3)13(2)9-15(16)4/h6-10H,5,11-12H2,1-4H3. The van der Waals surface area contributed by atoms with Gasteiger partial charge >= 0.3 is 5.97 Å². The molecule has 0 atom stereocenters. The van der Waals surface area contributed by atoms with Crippen LogP contribution in [0, 0.1) is 20.8 Å². The van der Waals surface area contributed by atoms with Gasteiger partial charge in [0.05, 0.1) is 12.0 Å². The number of aromatic nitrogens is 3. The molecule has 0 aliphatic rings. The molecule has 0 N–H and O–H groups in total. The Hall–Kier alpha value is -2.87. The first-order chi connectivity index (χ1) is 13.9. The third-order valence-electron chi connectivity index (χ3n) is 4.60. The first kappa shape index (κ1) is 20.9. The molecule has 0 bridgehead atoms. The number of furan rings is 1. The van der Waals surface area contributed by atoms with E-state index in [1.54, 1.807) is 18.4 Å². The minimum atomic E-state index is -0.477. The maximum Gasteiger partial charge on any atom is 0.316 e. The monoisotopic (exact) mass is 413 g/mol. The number of hydrogen-bond donors (Lipinski definition) is 0. The SMILES string of the molecule is CCn1c(SCC(=O)OCC(=O)c2cc(C)c(C)cc2C)nnc1-c1ccco1. The second kappa shape index (κ2) is 9.09. The summed E-state index contributed by atoms with van der Waals surface area (Å²) >= 11 is 1.21. The van der Waals surface area contributed by atoms with E-state index < -0.39 is 5.97 Å². The molecule has 2 aromatic heterocycles. The lowest BCUT2D eigenvalue weighted by Gasteiger charge is -2.10. The van der Waals surface area contributed by atoms with Gasteiger partial charge < -0.3 is 9.15 Å². The largest absolute Gasteiger partial charge is 0.461 e. The second-order valence-electron chi connectivity index (χ2n) is 6.65. The smallest absolute Gasteiger partial charge is 0.316 e. The molecule has 0 saturated heterocycles. The summed E-state index contributed by atoms with van der Waals surface area (Å²) in [7, 11) is 0. The van der Waals surface area contributed by atoms with Gasteiger partial charge in [-0.25, -0.2) is 0 Å². The van der Waals surface area contributed by atoms with Crippen LogP contribution in [0.25, 0.3) is 11.6 Å². The molecule has 0 fully saturated rings. The molecule has 0 spiro atoms. The quantitative estimate of drug-likeness (QED) is 0.313. The Labute approximate surface area is 173 Å². The molecule has 152 valence electrons. The highest BCUT2D eigenvalue weighted by atomic mass is 32.2. The van der Waals surface area contributed by atoms with Crippen molar-refractivity contribution in [1.29, 1.82) is 0 Å². The van der Waals surface area contributed by atoms with E-state index in [0.717, 1.165) is 16.7 Å². The van der Waals surface area contributed by atoms with Crippen LogP contribution >= 0.6 is 11.8 Å². The lowest BCUT2D eigenvalue weighted by atomic mass is 9.98. The zero-order valence-corrected chi connectivity index (χ0v) is 17.7. The third kappa shape index (κ3) is 4.76. The summed E-state index contributed by atoms with van der Waals surface area (Å²) in [6.45, 7) is 8.15. The number of nitrogens with zero attached hydrogens (tertiary/aromatic N) is 3. The number of ether oxygens (including phenoxy) is 1. The molecule has 29 heavy (non-hydrogen) atoms. The normalized spacial score (nSPS) is 10.9. The zero-order valence-electron chi connectivity index (χ0n) is 16.9. The van der Waals surface area contributed by atoms with Crippen LogP contribution in [0.3, 0.4) is 0 Å². The van der Waals surface area contributed by atoms with Crippen molar-refractivity contribution in [3.05, 3.63) is 52.8 Å². The lowest BCUT2D eigenvalue weighted by molar-refractivity contribution is -0.139. The van der Waals surface area contributed by atoms with Gasteiger partial charge in [-0.1, -0.05) is 17.8 Å². The molecule has 0 radical (unpaired) electrons. The van der Waals surface area contributed by atoms with Gasteiger partial charge in [0, 0.05) is 12.1 Å². The van der Waals surface area contributed by atoms with Gasteiger partial charge in [-0.2, -0.15) is 0 Å². The van der Waals surface area contributed by atoms with E-state index >= 15 is 0 Å². The Kier molecular flexibility index (Phi) is 6.53. The molecule has 0 aliphatic carbocycles. The van der Waals surface area contributed by atoms with Crippen LogP contribution in [-0.2, 0) is 16.1 Å². The average Bonchev–Trinajstić information content (AvgIpc) is 3.36. The predicted octanol–water partition coefficient (Wildman–Crippen LogP) is 4.00. The van der Waals surface area contributed by atoms with Gasteiger partial charge in [0.2, 0.25) is 5.78 Å². The van der Waals surface area contributed by atoms with Crippen molar-refractivity contribution < 1.29 is 18.7 Å². The lowest BCUT2D eigenvalue weighted by Crippen LogP contribution is -2.17. The van der Waals surface area contributed by atoms with Crippen molar-refractivity contribution >= 4 is 23.5 Å². The fraction of sp³-hybridized carbons (Fsp3) is 0.333. The first-order valence-electron chi connectivity index (χ1n) is 9.27. The van der Waals surface area contributed by atoms with Gasteiger partial charge in [-0.15, -0.1) is 10.2 Å². The minimum absolute atomic E-state index is 0.0372. The number of esters is 1. The van der Waals surface area contributed by atoms with E-state index in [0.29, 0.717) is 28.8 Å². The van der Waals surface area contributed by atoms with E-state index in [1.165, 1.54) is 11.8 Å². The Morgan fingerprint density at radius 3 is 2.59 bits per heavy atom. The molecule has 2 heterocycles. The van der Waals surface area contributed by atoms with Crippen LogP contribution in [-0.4, -0.2) is 38.9 Å². The number of aryl methyl sites for hydroxylation is 3. The molecule has 0 amide bonds. The van der Waals surface area contributed by atoms with Crippen LogP contribution in [0.1, 0.15) is 34.0 Å². The maximum atomic E-state index is 12.4. The maximum absolute atomic E-state index is 12.4. The van der Waals surface area contributed by atoms with Gasteiger partial charge in [0.1, 0.15) is 0 Å². The summed E-state index contributed by atoms with van der Waals surface area (Å²) in [6, 6.07) is 7.39. The van der Waals surface area contributed by atoms with E-state index in [-0.39, 0.29) is 18.1 Å². The van der Waals surface area contributed by atoms with Gasteiger partial charge in [0.25, 0.3) is 0 Å². The van der Waals surface area contributed by atoms with Crippen LogP contribution in [0.4, 0.5) is 0 Å². The fourth-order valence-electron chi connectivity index (χ4n) is 2.92. The predicted molar refractivity (Wildman–Crippen MR) is 110 cm³/mol. The number of Topliss-reactive ketones (excluding diaryl/α,β-unsaturated/α-hetero) is 1. The molecule has 3 rings (SSSR count).